The normalized spacial score (nSPS) is 12.7. The first-order chi connectivity index (χ1) is 9.34. The molecular formula is C13H19N3O2S. The Kier molecular flexibility index (Phi) is 6.03. The first-order valence-corrected chi connectivity index (χ1v) is 7.17. The number of nitrogens with one attached hydrogen (secondary N) is 1. The van der Waals surface area contributed by atoms with Gasteiger partial charge in [-0.1, -0.05) is 6.07 Å². The summed E-state index contributed by atoms with van der Waals surface area (Å²) in [6, 6.07) is 4.03. The van der Waals surface area contributed by atoms with E-state index in [9.17, 15) is 5.11 Å². The number of imidazole rings is 1. The molecule has 2 aromatic rings. The SMILES string of the molecule is OC(CNCCn1ccnc1)COCc1cccs1. The number of aliphatic hydroxyl groups is 1. The third kappa shape index (κ3) is 5.52. The van der Waals surface area contributed by atoms with Gasteiger partial charge in [-0.3, -0.25) is 0 Å². The summed E-state index contributed by atoms with van der Waals surface area (Å²) in [7, 11) is 0. The molecule has 2 rings (SSSR count). The maximum atomic E-state index is 9.73. The number of thiophene rings is 1. The van der Waals surface area contributed by atoms with Crippen molar-refractivity contribution < 1.29 is 9.84 Å². The van der Waals surface area contributed by atoms with Gasteiger partial charge in [0, 0.05) is 36.9 Å². The van der Waals surface area contributed by atoms with Gasteiger partial charge in [0.15, 0.2) is 0 Å². The number of rotatable bonds is 9. The minimum absolute atomic E-state index is 0.357. The van der Waals surface area contributed by atoms with Crippen LogP contribution in [0.15, 0.2) is 36.2 Å². The smallest absolute Gasteiger partial charge is 0.0946 e. The average Bonchev–Trinajstić information content (AvgIpc) is 3.07. The molecule has 0 aliphatic carbocycles. The fraction of sp³-hybridized carbons (Fsp3) is 0.462. The standard InChI is InChI=1S/C13H19N3O2S/c17-12(9-18-10-13-2-1-7-19-13)8-14-3-5-16-6-4-15-11-16/h1-2,4,6-7,11-12,14,17H,3,5,8-10H2. The minimum atomic E-state index is -0.470. The summed E-state index contributed by atoms with van der Waals surface area (Å²) in [5.74, 6) is 0. The van der Waals surface area contributed by atoms with E-state index in [1.54, 1.807) is 23.9 Å². The zero-order valence-electron chi connectivity index (χ0n) is 10.7. The highest BCUT2D eigenvalue weighted by molar-refractivity contribution is 7.09. The van der Waals surface area contributed by atoms with Crippen molar-refractivity contribution in [2.75, 3.05) is 19.7 Å². The lowest BCUT2D eigenvalue weighted by atomic mass is 10.3. The maximum Gasteiger partial charge on any atom is 0.0946 e. The summed E-state index contributed by atoms with van der Waals surface area (Å²) in [4.78, 5) is 5.15. The average molecular weight is 281 g/mol. The van der Waals surface area contributed by atoms with Gasteiger partial charge in [0.05, 0.1) is 25.6 Å². The molecule has 0 saturated heterocycles. The van der Waals surface area contributed by atoms with E-state index in [4.69, 9.17) is 4.74 Å². The third-order valence-electron chi connectivity index (χ3n) is 2.62. The van der Waals surface area contributed by atoms with Gasteiger partial charge in [0.1, 0.15) is 0 Å². The van der Waals surface area contributed by atoms with E-state index in [0.29, 0.717) is 19.8 Å². The molecule has 2 N–H and O–H groups in total. The number of aromatic nitrogens is 2. The molecule has 0 spiro atoms. The first kappa shape index (κ1) is 14.2. The van der Waals surface area contributed by atoms with Crippen molar-refractivity contribution in [3.05, 3.63) is 41.1 Å². The lowest BCUT2D eigenvalue weighted by molar-refractivity contribution is 0.0299. The molecule has 0 aliphatic rings. The third-order valence-corrected chi connectivity index (χ3v) is 3.47. The van der Waals surface area contributed by atoms with Crippen molar-refractivity contribution in [3.8, 4) is 0 Å². The number of nitrogens with zero attached hydrogens (tertiary/aromatic N) is 2. The van der Waals surface area contributed by atoms with E-state index in [1.807, 2.05) is 28.3 Å². The molecule has 1 atom stereocenters. The Balaban J connectivity index is 1.48. The van der Waals surface area contributed by atoms with Gasteiger partial charge in [-0.05, 0) is 11.4 Å². The van der Waals surface area contributed by atoms with E-state index >= 15 is 0 Å². The van der Waals surface area contributed by atoms with Crippen LogP contribution in [-0.4, -0.2) is 40.5 Å². The number of hydrogen-bond acceptors (Lipinski definition) is 5. The lowest BCUT2D eigenvalue weighted by Crippen LogP contribution is -2.32. The van der Waals surface area contributed by atoms with Gasteiger partial charge in [-0.2, -0.15) is 0 Å². The predicted molar refractivity (Wildman–Crippen MR) is 75.1 cm³/mol. The summed E-state index contributed by atoms with van der Waals surface area (Å²) in [6.45, 7) is 3.12. The van der Waals surface area contributed by atoms with Crippen molar-refractivity contribution in [2.24, 2.45) is 0 Å². The second-order valence-corrected chi connectivity index (χ2v) is 5.29. The summed E-state index contributed by atoms with van der Waals surface area (Å²) in [5, 5.41) is 14.9. The second-order valence-electron chi connectivity index (χ2n) is 4.25. The highest BCUT2D eigenvalue weighted by Gasteiger charge is 2.04. The topological polar surface area (TPSA) is 59.3 Å². The second kappa shape index (κ2) is 8.06. The van der Waals surface area contributed by atoms with E-state index < -0.39 is 6.10 Å². The quantitative estimate of drug-likeness (QED) is 0.676. The number of ether oxygens (including phenoxy) is 1. The Bertz CT molecular complexity index is 431. The molecule has 2 heterocycles. The molecule has 2 aromatic heterocycles. The van der Waals surface area contributed by atoms with Crippen LogP contribution in [0.2, 0.25) is 0 Å². The molecule has 1 unspecified atom stereocenters. The zero-order chi connectivity index (χ0) is 13.3. The van der Waals surface area contributed by atoms with Crippen LogP contribution in [-0.2, 0) is 17.9 Å². The Labute approximate surface area is 116 Å². The molecule has 0 radical (unpaired) electrons. The van der Waals surface area contributed by atoms with Crippen LogP contribution >= 0.6 is 11.3 Å². The molecule has 104 valence electrons. The van der Waals surface area contributed by atoms with Gasteiger partial charge < -0.3 is 19.7 Å². The van der Waals surface area contributed by atoms with Crippen LogP contribution in [0.1, 0.15) is 4.88 Å². The predicted octanol–water partition coefficient (Wildman–Crippen LogP) is 1.11. The minimum Gasteiger partial charge on any atom is -0.389 e. The Morgan fingerprint density at radius 3 is 3.21 bits per heavy atom. The van der Waals surface area contributed by atoms with Gasteiger partial charge in [0.25, 0.3) is 0 Å². The van der Waals surface area contributed by atoms with Crippen LogP contribution in [0.4, 0.5) is 0 Å². The van der Waals surface area contributed by atoms with Gasteiger partial charge in [0.2, 0.25) is 0 Å². The maximum absolute atomic E-state index is 9.73. The zero-order valence-corrected chi connectivity index (χ0v) is 11.6. The molecule has 19 heavy (non-hydrogen) atoms. The van der Waals surface area contributed by atoms with Crippen LogP contribution in [0, 0.1) is 0 Å². The molecule has 0 fully saturated rings. The monoisotopic (exact) mass is 281 g/mol. The van der Waals surface area contributed by atoms with Crippen LogP contribution < -0.4 is 5.32 Å². The first-order valence-electron chi connectivity index (χ1n) is 6.29. The summed E-state index contributed by atoms with van der Waals surface area (Å²) in [5.41, 5.74) is 0. The molecule has 5 nitrogen and oxygen atoms in total. The van der Waals surface area contributed by atoms with Crippen LogP contribution in [0.3, 0.4) is 0 Å². The fourth-order valence-electron chi connectivity index (χ4n) is 1.65. The summed E-state index contributed by atoms with van der Waals surface area (Å²) >= 11 is 1.66. The molecular weight excluding hydrogens is 262 g/mol. The number of hydrogen-bond donors (Lipinski definition) is 2. The van der Waals surface area contributed by atoms with E-state index in [0.717, 1.165) is 13.1 Å². The van der Waals surface area contributed by atoms with Crippen LogP contribution in [0.5, 0.6) is 0 Å². The van der Waals surface area contributed by atoms with Crippen molar-refractivity contribution in [1.29, 1.82) is 0 Å². The molecule has 0 aliphatic heterocycles. The molecule has 0 aromatic carbocycles. The highest BCUT2D eigenvalue weighted by atomic mass is 32.1. The summed E-state index contributed by atoms with van der Waals surface area (Å²) < 4.78 is 7.44. The molecule has 0 amide bonds. The summed E-state index contributed by atoms with van der Waals surface area (Å²) in [6.07, 6.45) is 4.99. The van der Waals surface area contributed by atoms with Crippen molar-refractivity contribution >= 4 is 11.3 Å². The molecule has 0 saturated carbocycles. The van der Waals surface area contributed by atoms with E-state index in [2.05, 4.69) is 10.3 Å². The number of aliphatic hydroxyl groups excluding tert-OH is 1. The largest absolute Gasteiger partial charge is 0.389 e. The highest BCUT2D eigenvalue weighted by Crippen LogP contribution is 2.09. The van der Waals surface area contributed by atoms with Gasteiger partial charge >= 0.3 is 0 Å². The Morgan fingerprint density at radius 1 is 1.53 bits per heavy atom. The van der Waals surface area contributed by atoms with Crippen molar-refractivity contribution in [3.63, 3.8) is 0 Å². The van der Waals surface area contributed by atoms with Gasteiger partial charge in [-0.25, -0.2) is 4.98 Å². The van der Waals surface area contributed by atoms with Gasteiger partial charge in [-0.15, -0.1) is 11.3 Å². The van der Waals surface area contributed by atoms with E-state index in [-0.39, 0.29) is 0 Å². The van der Waals surface area contributed by atoms with Crippen molar-refractivity contribution in [1.82, 2.24) is 14.9 Å². The van der Waals surface area contributed by atoms with Crippen molar-refractivity contribution in [2.45, 2.75) is 19.3 Å². The lowest BCUT2D eigenvalue weighted by Gasteiger charge is -2.12. The fourth-order valence-corrected chi connectivity index (χ4v) is 2.29. The Hall–Kier alpha value is -1.21. The Morgan fingerprint density at radius 2 is 2.47 bits per heavy atom. The molecule has 0 bridgehead atoms. The van der Waals surface area contributed by atoms with Crippen LogP contribution in [0.25, 0.3) is 0 Å². The van der Waals surface area contributed by atoms with E-state index in [1.165, 1.54) is 4.88 Å². The molecule has 6 heteroatoms.